The molecule has 1 atom stereocenters. The molecule has 0 spiro atoms. The van der Waals surface area contributed by atoms with E-state index in [0.29, 0.717) is 24.4 Å². The molecule has 0 saturated carbocycles. The van der Waals surface area contributed by atoms with Gasteiger partial charge in [-0.15, -0.1) is 0 Å². The summed E-state index contributed by atoms with van der Waals surface area (Å²) >= 11 is 0. The Morgan fingerprint density at radius 2 is 2.09 bits per heavy atom. The average molecular weight is 314 g/mol. The number of aryl methyl sites for hydroxylation is 1. The average Bonchev–Trinajstić information content (AvgIpc) is 3.04. The molecule has 0 radical (unpaired) electrons. The zero-order valence-electron chi connectivity index (χ0n) is 14.2. The summed E-state index contributed by atoms with van der Waals surface area (Å²) in [6.45, 7) is 9.99. The number of hydrogen-bond donors (Lipinski definition) is 1. The van der Waals surface area contributed by atoms with Gasteiger partial charge < -0.3 is 9.84 Å². The van der Waals surface area contributed by atoms with Crippen molar-refractivity contribution in [3.63, 3.8) is 0 Å². The van der Waals surface area contributed by atoms with Crippen LogP contribution in [-0.2, 0) is 13.0 Å². The second kappa shape index (κ2) is 7.23. The minimum absolute atomic E-state index is 0.299. The Bertz CT molecular complexity index is 620. The lowest BCUT2D eigenvalue weighted by atomic mass is 10.0. The quantitative estimate of drug-likeness (QED) is 0.919. The number of piperazine rings is 1. The van der Waals surface area contributed by atoms with Crippen LogP contribution in [0.5, 0.6) is 0 Å². The molecule has 1 fully saturated rings. The highest BCUT2D eigenvalue weighted by Gasteiger charge is 2.25. The Balaban J connectivity index is 1.74. The molecule has 1 aliphatic heterocycles. The van der Waals surface area contributed by atoms with Crippen LogP contribution in [0.3, 0.4) is 0 Å². The Kier molecular flexibility index (Phi) is 5.08. The van der Waals surface area contributed by atoms with Crippen LogP contribution < -0.4 is 5.32 Å². The van der Waals surface area contributed by atoms with Crippen molar-refractivity contribution in [1.29, 1.82) is 0 Å². The van der Waals surface area contributed by atoms with E-state index in [0.717, 1.165) is 31.9 Å². The zero-order valence-corrected chi connectivity index (χ0v) is 14.2. The standard InChI is InChI=1S/C18H26N4O/c1-4-14-5-7-15(8-6-14)16-11-19-9-10-22(16)12-17-20-18(13(2)3)21-23-17/h5-8,13,16,19H,4,9-12H2,1-3H3. The first-order valence-corrected chi connectivity index (χ1v) is 8.53. The number of nitrogens with zero attached hydrogens (tertiary/aromatic N) is 3. The Hall–Kier alpha value is -1.72. The van der Waals surface area contributed by atoms with Crippen molar-refractivity contribution in [2.45, 2.75) is 45.7 Å². The third-order valence-electron chi connectivity index (χ3n) is 4.47. The van der Waals surface area contributed by atoms with Crippen molar-refractivity contribution in [3.8, 4) is 0 Å². The summed E-state index contributed by atoms with van der Waals surface area (Å²) in [7, 11) is 0. The first-order chi connectivity index (χ1) is 11.2. The van der Waals surface area contributed by atoms with Gasteiger partial charge in [0.1, 0.15) is 0 Å². The van der Waals surface area contributed by atoms with Crippen LogP contribution in [0.1, 0.15) is 55.6 Å². The minimum atomic E-state index is 0.299. The summed E-state index contributed by atoms with van der Waals surface area (Å²) in [5.74, 6) is 1.80. The number of rotatable bonds is 5. The van der Waals surface area contributed by atoms with Crippen molar-refractivity contribution >= 4 is 0 Å². The van der Waals surface area contributed by atoms with Gasteiger partial charge in [0.05, 0.1) is 6.54 Å². The van der Waals surface area contributed by atoms with E-state index in [1.165, 1.54) is 11.1 Å². The summed E-state index contributed by atoms with van der Waals surface area (Å²) in [6.07, 6.45) is 1.08. The summed E-state index contributed by atoms with van der Waals surface area (Å²) in [5.41, 5.74) is 2.72. The highest BCUT2D eigenvalue weighted by atomic mass is 16.5. The Morgan fingerprint density at radius 3 is 2.74 bits per heavy atom. The molecule has 0 aliphatic carbocycles. The maximum absolute atomic E-state index is 5.43. The lowest BCUT2D eigenvalue weighted by Gasteiger charge is -2.35. The summed E-state index contributed by atoms with van der Waals surface area (Å²) < 4.78 is 5.43. The number of benzene rings is 1. The monoisotopic (exact) mass is 314 g/mol. The van der Waals surface area contributed by atoms with Crippen molar-refractivity contribution in [2.24, 2.45) is 0 Å². The van der Waals surface area contributed by atoms with E-state index >= 15 is 0 Å². The molecule has 1 aromatic carbocycles. The number of aromatic nitrogens is 2. The fourth-order valence-corrected chi connectivity index (χ4v) is 2.98. The van der Waals surface area contributed by atoms with Gasteiger partial charge in [-0.3, -0.25) is 4.90 Å². The second-order valence-electron chi connectivity index (χ2n) is 6.49. The van der Waals surface area contributed by atoms with Crippen molar-refractivity contribution in [3.05, 3.63) is 47.1 Å². The summed E-state index contributed by atoms with van der Waals surface area (Å²) in [6, 6.07) is 9.30. The van der Waals surface area contributed by atoms with Gasteiger partial charge in [-0.05, 0) is 17.5 Å². The zero-order chi connectivity index (χ0) is 16.2. The number of hydrogen-bond acceptors (Lipinski definition) is 5. The molecule has 23 heavy (non-hydrogen) atoms. The van der Waals surface area contributed by atoms with Crippen LogP contribution >= 0.6 is 0 Å². The maximum atomic E-state index is 5.43. The van der Waals surface area contributed by atoms with Crippen LogP contribution in [0.2, 0.25) is 0 Å². The molecule has 5 nitrogen and oxygen atoms in total. The smallest absolute Gasteiger partial charge is 0.240 e. The van der Waals surface area contributed by atoms with Gasteiger partial charge in [-0.25, -0.2) is 0 Å². The highest BCUT2D eigenvalue weighted by molar-refractivity contribution is 5.25. The Labute approximate surface area is 138 Å². The summed E-state index contributed by atoms with van der Waals surface area (Å²) in [4.78, 5) is 6.95. The molecular formula is C18H26N4O. The molecule has 124 valence electrons. The molecule has 1 saturated heterocycles. The minimum Gasteiger partial charge on any atom is -0.338 e. The van der Waals surface area contributed by atoms with Crippen LogP contribution in [0.15, 0.2) is 28.8 Å². The third kappa shape index (κ3) is 3.79. The first-order valence-electron chi connectivity index (χ1n) is 8.53. The normalized spacial score (nSPS) is 19.4. The molecule has 0 amide bonds. The second-order valence-corrected chi connectivity index (χ2v) is 6.49. The van der Waals surface area contributed by atoms with E-state index in [2.05, 4.69) is 65.4 Å². The van der Waals surface area contributed by atoms with Gasteiger partial charge in [-0.1, -0.05) is 50.2 Å². The van der Waals surface area contributed by atoms with E-state index < -0.39 is 0 Å². The van der Waals surface area contributed by atoms with Crippen LogP contribution in [0.25, 0.3) is 0 Å². The van der Waals surface area contributed by atoms with E-state index in [1.807, 2.05) is 0 Å². The molecule has 1 aromatic heterocycles. The topological polar surface area (TPSA) is 54.2 Å². The van der Waals surface area contributed by atoms with E-state index in [-0.39, 0.29) is 0 Å². The van der Waals surface area contributed by atoms with Crippen molar-refractivity contribution < 1.29 is 4.52 Å². The SMILES string of the molecule is CCc1ccc(C2CNCCN2Cc2nc(C(C)C)no2)cc1. The van der Waals surface area contributed by atoms with Crippen molar-refractivity contribution in [2.75, 3.05) is 19.6 Å². The van der Waals surface area contributed by atoms with Gasteiger partial charge in [-0.2, -0.15) is 4.98 Å². The third-order valence-corrected chi connectivity index (χ3v) is 4.47. The van der Waals surface area contributed by atoms with Gasteiger partial charge in [0.2, 0.25) is 5.89 Å². The van der Waals surface area contributed by atoms with Gasteiger partial charge in [0.15, 0.2) is 5.82 Å². The highest BCUT2D eigenvalue weighted by Crippen LogP contribution is 2.24. The first kappa shape index (κ1) is 16.1. The van der Waals surface area contributed by atoms with Gasteiger partial charge >= 0.3 is 0 Å². The molecule has 2 heterocycles. The van der Waals surface area contributed by atoms with Gasteiger partial charge in [0.25, 0.3) is 0 Å². The predicted octanol–water partition coefficient (Wildman–Crippen LogP) is 2.90. The fraction of sp³-hybridized carbons (Fsp3) is 0.556. The molecule has 5 heteroatoms. The molecule has 1 N–H and O–H groups in total. The fourth-order valence-electron chi connectivity index (χ4n) is 2.98. The maximum Gasteiger partial charge on any atom is 0.240 e. The Morgan fingerprint density at radius 1 is 1.30 bits per heavy atom. The molecule has 1 unspecified atom stereocenters. The lowest BCUT2D eigenvalue weighted by molar-refractivity contribution is 0.135. The van der Waals surface area contributed by atoms with E-state index in [1.54, 1.807) is 0 Å². The van der Waals surface area contributed by atoms with Crippen LogP contribution in [0.4, 0.5) is 0 Å². The largest absolute Gasteiger partial charge is 0.338 e. The van der Waals surface area contributed by atoms with E-state index in [9.17, 15) is 0 Å². The van der Waals surface area contributed by atoms with Crippen molar-refractivity contribution in [1.82, 2.24) is 20.4 Å². The molecule has 0 bridgehead atoms. The molecule has 1 aliphatic rings. The van der Waals surface area contributed by atoms with E-state index in [4.69, 9.17) is 4.52 Å². The summed E-state index contributed by atoms with van der Waals surface area (Å²) in [5, 5.41) is 7.57. The number of nitrogens with one attached hydrogen (secondary N) is 1. The lowest BCUT2D eigenvalue weighted by Crippen LogP contribution is -2.45. The van der Waals surface area contributed by atoms with Crippen LogP contribution in [-0.4, -0.2) is 34.7 Å². The molecule has 2 aromatic rings. The van der Waals surface area contributed by atoms with Crippen LogP contribution in [0, 0.1) is 0 Å². The molecular weight excluding hydrogens is 288 g/mol. The molecule has 3 rings (SSSR count). The van der Waals surface area contributed by atoms with Gasteiger partial charge in [0, 0.05) is 31.6 Å². The predicted molar refractivity (Wildman–Crippen MR) is 90.2 cm³/mol.